The standard InChI is InChI=1S/C45H85N3O2/c1-7-9-11-13-15-19-27-49-40-31-41(50-28-20-16-14-12-10-8-2)42(39-22-18-17-21-38(39)40)45-47-43(36-25-23-32(3)29-34(36)5)46-44(48-45)37-26-24-33(4)30-35(37)6/h32-48H,7-31H2,1-6H3. The molecule has 5 heteroatoms. The molecule has 292 valence electrons. The molecule has 4 aliphatic carbocycles. The summed E-state index contributed by atoms with van der Waals surface area (Å²) in [6.07, 6.45) is 32.4. The summed E-state index contributed by atoms with van der Waals surface area (Å²) in [5, 5.41) is 13.0. The molecular formula is C45H85N3O2. The van der Waals surface area contributed by atoms with Crippen LogP contribution in [-0.2, 0) is 9.47 Å². The zero-order valence-electron chi connectivity index (χ0n) is 34.1. The molecule has 3 N–H and O–H groups in total. The Morgan fingerprint density at radius 1 is 0.440 bits per heavy atom. The Bertz CT molecular complexity index is 883. The minimum atomic E-state index is 0.275. The van der Waals surface area contributed by atoms with Gasteiger partial charge in [0.25, 0.3) is 0 Å². The number of nitrogens with one attached hydrogen (secondary N) is 3. The van der Waals surface area contributed by atoms with Gasteiger partial charge in [0.05, 0.1) is 30.7 Å². The smallest absolute Gasteiger partial charge is 0.0658 e. The maximum atomic E-state index is 7.16. The van der Waals surface area contributed by atoms with Gasteiger partial charge in [-0.2, -0.15) is 0 Å². The SMILES string of the molecule is CCCCCCCCOC1CC(OCCCCCCCC)C(C2NC(C3CCC(C)CC3C)NC(C3CCC(C)CC3C)N2)C2CCCCC12. The highest BCUT2D eigenvalue weighted by molar-refractivity contribution is 5.04. The van der Waals surface area contributed by atoms with Crippen molar-refractivity contribution in [2.45, 2.75) is 220 Å². The molecule has 0 spiro atoms. The Balaban J connectivity index is 1.34. The molecule has 5 rings (SSSR count). The molecule has 1 heterocycles. The van der Waals surface area contributed by atoms with Crippen LogP contribution in [0.25, 0.3) is 0 Å². The predicted molar refractivity (Wildman–Crippen MR) is 212 cm³/mol. The number of hydrogen-bond acceptors (Lipinski definition) is 5. The minimum Gasteiger partial charge on any atom is -0.378 e. The summed E-state index contributed by atoms with van der Waals surface area (Å²) < 4.78 is 14.1. The first kappa shape index (κ1) is 41.0. The van der Waals surface area contributed by atoms with Crippen molar-refractivity contribution >= 4 is 0 Å². The number of ether oxygens (including phenoxy) is 2. The van der Waals surface area contributed by atoms with Crippen molar-refractivity contribution in [1.82, 2.24) is 16.0 Å². The van der Waals surface area contributed by atoms with Crippen molar-refractivity contribution < 1.29 is 9.47 Å². The van der Waals surface area contributed by atoms with Crippen molar-refractivity contribution in [3.8, 4) is 0 Å². The van der Waals surface area contributed by atoms with E-state index < -0.39 is 0 Å². The van der Waals surface area contributed by atoms with Crippen molar-refractivity contribution in [1.29, 1.82) is 0 Å². The third-order valence-electron chi connectivity index (χ3n) is 14.7. The second kappa shape index (κ2) is 21.6. The summed E-state index contributed by atoms with van der Waals surface area (Å²) >= 11 is 0. The molecule has 1 aliphatic heterocycles. The van der Waals surface area contributed by atoms with Crippen LogP contribution in [0.5, 0.6) is 0 Å². The maximum absolute atomic E-state index is 7.16. The van der Waals surface area contributed by atoms with E-state index in [0.29, 0.717) is 54.2 Å². The Morgan fingerprint density at radius 3 is 1.42 bits per heavy atom. The van der Waals surface area contributed by atoms with E-state index in [-0.39, 0.29) is 6.10 Å². The molecule has 5 fully saturated rings. The summed E-state index contributed by atoms with van der Waals surface area (Å²) in [5.74, 6) is 6.54. The monoisotopic (exact) mass is 700 g/mol. The minimum absolute atomic E-state index is 0.275. The number of fused-ring (bicyclic) bond motifs is 1. The largest absolute Gasteiger partial charge is 0.378 e. The molecular weight excluding hydrogens is 615 g/mol. The van der Waals surface area contributed by atoms with Gasteiger partial charge in [0.15, 0.2) is 0 Å². The van der Waals surface area contributed by atoms with Gasteiger partial charge in [-0.15, -0.1) is 0 Å². The van der Waals surface area contributed by atoms with E-state index in [9.17, 15) is 0 Å². The second-order valence-electron chi connectivity index (χ2n) is 18.8. The van der Waals surface area contributed by atoms with Gasteiger partial charge < -0.3 is 9.47 Å². The number of rotatable bonds is 19. The van der Waals surface area contributed by atoms with Crippen LogP contribution in [0.2, 0.25) is 0 Å². The van der Waals surface area contributed by atoms with Gasteiger partial charge in [0.1, 0.15) is 0 Å². The van der Waals surface area contributed by atoms with Gasteiger partial charge >= 0.3 is 0 Å². The van der Waals surface area contributed by atoms with E-state index in [1.165, 1.54) is 141 Å². The molecule has 0 aromatic heterocycles. The fourth-order valence-corrected chi connectivity index (χ4v) is 11.8. The van der Waals surface area contributed by atoms with Crippen LogP contribution in [0.1, 0.15) is 189 Å². The van der Waals surface area contributed by atoms with E-state index in [1.807, 2.05) is 0 Å². The van der Waals surface area contributed by atoms with Crippen LogP contribution in [0.15, 0.2) is 0 Å². The lowest BCUT2D eigenvalue weighted by Crippen LogP contribution is -2.75. The molecule has 13 unspecified atom stereocenters. The predicted octanol–water partition coefficient (Wildman–Crippen LogP) is 11.2. The molecule has 0 amide bonds. The summed E-state index contributed by atoms with van der Waals surface area (Å²) in [4.78, 5) is 0. The van der Waals surface area contributed by atoms with Crippen LogP contribution in [-0.4, -0.2) is 43.9 Å². The van der Waals surface area contributed by atoms with Gasteiger partial charge in [0.2, 0.25) is 0 Å². The Hall–Kier alpha value is -0.200. The highest BCUT2D eigenvalue weighted by atomic mass is 16.5. The van der Waals surface area contributed by atoms with Crippen molar-refractivity contribution in [2.75, 3.05) is 13.2 Å². The third kappa shape index (κ3) is 11.6. The first-order valence-electron chi connectivity index (χ1n) is 22.9. The first-order valence-corrected chi connectivity index (χ1v) is 22.9. The summed E-state index contributed by atoms with van der Waals surface area (Å²) in [6.45, 7) is 16.6. The Kier molecular flexibility index (Phi) is 17.7. The Morgan fingerprint density at radius 2 is 0.900 bits per heavy atom. The topological polar surface area (TPSA) is 54.6 Å². The van der Waals surface area contributed by atoms with Gasteiger partial charge in [-0.25, -0.2) is 0 Å². The molecule has 4 saturated carbocycles. The zero-order valence-corrected chi connectivity index (χ0v) is 34.1. The van der Waals surface area contributed by atoms with Gasteiger partial charge in [-0.3, -0.25) is 16.0 Å². The highest BCUT2D eigenvalue weighted by Gasteiger charge is 2.52. The van der Waals surface area contributed by atoms with Gasteiger partial charge in [0, 0.05) is 25.6 Å². The Labute approximate surface area is 311 Å². The lowest BCUT2D eigenvalue weighted by atomic mass is 9.61. The molecule has 1 saturated heterocycles. The maximum Gasteiger partial charge on any atom is 0.0658 e. The van der Waals surface area contributed by atoms with E-state index in [2.05, 4.69) is 57.5 Å². The average Bonchev–Trinajstić information content (AvgIpc) is 3.10. The molecule has 50 heavy (non-hydrogen) atoms. The molecule has 0 radical (unpaired) electrons. The van der Waals surface area contributed by atoms with Crippen LogP contribution in [0.3, 0.4) is 0 Å². The van der Waals surface area contributed by atoms with Crippen molar-refractivity contribution in [2.24, 2.45) is 53.3 Å². The average molecular weight is 700 g/mol. The molecule has 5 nitrogen and oxygen atoms in total. The van der Waals surface area contributed by atoms with Gasteiger partial charge in [-0.1, -0.05) is 131 Å². The second-order valence-corrected chi connectivity index (χ2v) is 18.8. The van der Waals surface area contributed by atoms with Crippen LogP contribution < -0.4 is 16.0 Å². The third-order valence-corrected chi connectivity index (χ3v) is 14.7. The molecule has 5 aliphatic rings. The fourth-order valence-electron chi connectivity index (χ4n) is 11.8. The normalized spacial score (nSPS) is 41.2. The number of hydrogen-bond donors (Lipinski definition) is 3. The van der Waals surface area contributed by atoms with E-state index >= 15 is 0 Å². The molecule has 0 bridgehead atoms. The molecule has 0 aromatic rings. The van der Waals surface area contributed by atoms with E-state index in [4.69, 9.17) is 9.47 Å². The van der Waals surface area contributed by atoms with Crippen LogP contribution >= 0.6 is 0 Å². The van der Waals surface area contributed by atoms with Crippen molar-refractivity contribution in [3.05, 3.63) is 0 Å². The highest BCUT2D eigenvalue weighted by Crippen LogP contribution is 2.48. The first-order chi connectivity index (χ1) is 24.4. The lowest BCUT2D eigenvalue weighted by molar-refractivity contribution is -0.152. The summed E-state index contributed by atoms with van der Waals surface area (Å²) in [6, 6.07) is 0. The van der Waals surface area contributed by atoms with E-state index in [1.54, 1.807) is 0 Å². The quantitative estimate of drug-likeness (QED) is 0.117. The lowest BCUT2D eigenvalue weighted by Gasteiger charge is -2.56. The van der Waals surface area contributed by atoms with Crippen molar-refractivity contribution in [3.63, 3.8) is 0 Å². The molecule has 13 atom stereocenters. The molecule has 0 aromatic carbocycles. The zero-order chi connectivity index (χ0) is 35.3. The van der Waals surface area contributed by atoms with Gasteiger partial charge in [-0.05, 0) is 98.7 Å². The van der Waals surface area contributed by atoms with Crippen LogP contribution in [0.4, 0.5) is 0 Å². The van der Waals surface area contributed by atoms with E-state index in [0.717, 1.165) is 43.3 Å². The number of unbranched alkanes of at least 4 members (excludes halogenated alkanes) is 10. The van der Waals surface area contributed by atoms with Crippen LogP contribution in [0, 0.1) is 53.3 Å². The summed E-state index contributed by atoms with van der Waals surface area (Å²) in [5.41, 5.74) is 0. The fraction of sp³-hybridized carbons (Fsp3) is 1.00. The summed E-state index contributed by atoms with van der Waals surface area (Å²) in [7, 11) is 0.